The topological polar surface area (TPSA) is 0 Å². The van der Waals surface area contributed by atoms with E-state index in [1.54, 1.807) is 0 Å². The quantitative estimate of drug-likeness (QED) is 0.439. The van der Waals surface area contributed by atoms with E-state index in [0.29, 0.717) is 5.92 Å². The van der Waals surface area contributed by atoms with Crippen molar-refractivity contribution in [2.45, 2.75) is 40.0 Å². The molecule has 0 aromatic heterocycles. The molecule has 0 N–H and O–H groups in total. The molecule has 1 atom stereocenters. The lowest BCUT2D eigenvalue weighted by atomic mass is 10.00. The standard InChI is InChI=1S/C12H17/c1-4-7-8-9-11-12(6-3)10-5-2/h6,12H,8-9,11H2,1-3H3. The predicted octanol–water partition coefficient (Wildman–Crippen LogP) is 3.04. The highest BCUT2D eigenvalue weighted by Crippen LogP contribution is 2.09. The molecule has 1 unspecified atom stereocenters. The smallest absolute Gasteiger partial charge is 0.0231 e. The maximum atomic E-state index is 3.16. The Morgan fingerprint density at radius 1 is 1.25 bits per heavy atom. The van der Waals surface area contributed by atoms with Gasteiger partial charge in [0.05, 0.1) is 0 Å². The fourth-order valence-electron chi connectivity index (χ4n) is 1.04. The Morgan fingerprint density at radius 3 is 2.50 bits per heavy atom. The second kappa shape index (κ2) is 8.22. The number of unbranched alkanes of at least 4 members (excludes halogenated alkanes) is 1. The summed E-state index contributed by atoms with van der Waals surface area (Å²) in [6.45, 7) is 5.85. The van der Waals surface area contributed by atoms with E-state index >= 15 is 0 Å². The monoisotopic (exact) mass is 161 g/mol. The SMILES string of the molecule is CC#CCCCC(C#CC)[CH]C. The molecule has 0 aromatic carbocycles. The van der Waals surface area contributed by atoms with E-state index in [2.05, 4.69) is 37.0 Å². The van der Waals surface area contributed by atoms with Gasteiger partial charge in [0, 0.05) is 12.3 Å². The van der Waals surface area contributed by atoms with E-state index in [1.165, 1.54) is 0 Å². The van der Waals surface area contributed by atoms with Gasteiger partial charge in [0.25, 0.3) is 0 Å². The Hall–Kier alpha value is -0.880. The number of hydrogen-bond donors (Lipinski definition) is 0. The minimum Gasteiger partial charge on any atom is -0.107 e. The molecule has 0 aliphatic rings. The van der Waals surface area contributed by atoms with Crippen molar-refractivity contribution < 1.29 is 0 Å². The summed E-state index contributed by atoms with van der Waals surface area (Å²) in [5.41, 5.74) is 0. The van der Waals surface area contributed by atoms with Crippen LogP contribution in [0.4, 0.5) is 0 Å². The Balaban J connectivity index is 3.53. The van der Waals surface area contributed by atoms with Crippen LogP contribution in [0.3, 0.4) is 0 Å². The van der Waals surface area contributed by atoms with E-state index in [0.717, 1.165) is 19.3 Å². The first-order valence-electron chi connectivity index (χ1n) is 4.46. The molecule has 0 saturated heterocycles. The number of rotatable bonds is 4. The van der Waals surface area contributed by atoms with E-state index in [-0.39, 0.29) is 0 Å². The lowest BCUT2D eigenvalue weighted by Crippen LogP contribution is -1.95. The zero-order valence-corrected chi connectivity index (χ0v) is 8.28. The summed E-state index contributed by atoms with van der Waals surface area (Å²) in [6, 6.07) is 0. The van der Waals surface area contributed by atoms with Crippen LogP contribution in [0.15, 0.2) is 0 Å². The average molecular weight is 161 g/mol. The van der Waals surface area contributed by atoms with Gasteiger partial charge in [-0.2, -0.15) is 0 Å². The molecule has 0 fully saturated rings. The third-order valence-electron chi connectivity index (χ3n) is 1.73. The van der Waals surface area contributed by atoms with E-state index in [9.17, 15) is 0 Å². The van der Waals surface area contributed by atoms with E-state index in [1.807, 2.05) is 13.8 Å². The Morgan fingerprint density at radius 2 is 2.00 bits per heavy atom. The van der Waals surface area contributed by atoms with Crippen LogP contribution in [0.2, 0.25) is 0 Å². The molecule has 65 valence electrons. The zero-order valence-electron chi connectivity index (χ0n) is 8.28. The maximum Gasteiger partial charge on any atom is 0.0231 e. The van der Waals surface area contributed by atoms with Crippen molar-refractivity contribution in [1.82, 2.24) is 0 Å². The van der Waals surface area contributed by atoms with Gasteiger partial charge >= 0.3 is 0 Å². The minimum absolute atomic E-state index is 0.466. The molecule has 0 aromatic rings. The van der Waals surface area contributed by atoms with Crippen molar-refractivity contribution in [1.29, 1.82) is 0 Å². The highest BCUT2D eigenvalue weighted by atomic mass is 14.0. The Kier molecular flexibility index (Phi) is 7.62. The fraction of sp³-hybridized carbons (Fsp3) is 0.583. The highest BCUT2D eigenvalue weighted by Gasteiger charge is 1.99. The molecule has 0 nitrogen and oxygen atoms in total. The van der Waals surface area contributed by atoms with Gasteiger partial charge in [0.15, 0.2) is 0 Å². The van der Waals surface area contributed by atoms with Gasteiger partial charge in [-0.25, -0.2) is 0 Å². The second-order valence-electron chi connectivity index (χ2n) is 2.65. The summed E-state index contributed by atoms with van der Waals surface area (Å²) < 4.78 is 0. The first-order chi connectivity index (χ1) is 5.85. The second-order valence-corrected chi connectivity index (χ2v) is 2.65. The van der Waals surface area contributed by atoms with Crippen LogP contribution in [0.1, 0.15) is 40.0 Å². The average Bonchev–Trinajstić information content (AvgIpc) is 2.10. The van der Waals surface area contributed by atoms with Gasteiger partial charge in [-0.1, -0.05) is 12.8 Å². The molecular formula is C12H17. The van der Waals surface area contributed by atoms with Crippen molar-refractivity contribution in [3.05, 3.63) is 6.42 Å². The summed E-state index contributed by atoms with van der Waals surface area (Å²) in [7, 11) is 0. The first-order valence-corrected chi connectivity index (χ1v) is 4.46. The molecule has 0 rings (SSSR count). The van der Waals surface area contributed by atoms with E-state index < -0.39 is 0 Å². The zero-order chi connectivity index (χ0) is 9.23. The molecule has 12 heavy (non-hydrogen) atoms. The van der Waals surface area contributed by atoms with Crippen molar-refractivity contribution in [2.75, 3.05) is 0 Å². The van der Waals surface area contributed by atoms with E-state index in [4.69, 9.17) is 0 Å². The van der Waals surface area contributed by atoms with Gasteiger partial charge < -0.3 is 0 Å². The van der Waals surface area contributed by atoms with Crippen LogP contribution in [-0.2, 0) is 0 Å². The molecule has 0 bridgehead atoms. The van der Waals surface area contributed by atoms with Crippen molar-refractivity contribution >= 4 is 0 Å². The lowest BCUT2D eigenvalue weighted by molar-refractivity contribution is 0.649. The van der Waals surface area contributed by atoms with Crippen molar-refractivity contribution in [3.63, 3.8) is 0 Å². The Labute approximate surface area is 76.8 Å². The number of hydrogen-bond acceptors (Lipinski definition) is 0. The van der Waals surface area contributed by atoms with Crippen molar-refractivity contribution in [3.8, 4) is 23.7 Å². The molecule has 1 radical (unpaired) electrons. The third kappa shape index (κ3) is 5.87. The molecule has 0 aliphatic carbocycles. The van der Waals surface area contributed by atoms with Crippen molar-refractivity contribution in [2.24, 2.45) is 5.92 Å². The van der Waals surface area contributed by atoms with Crippen LogP contribution in [0, 0.1) is 36.0 Å². The molecular weight excluding hydrogens is 144 g/mol. The predicted molar refractivity (Wildman–Crippen MR) is 54.2 cm³/mol. The summed E-state index contributed by atoms with van der Waals surface area (Å²) in [6.07, 6.45) is 5.47. The molecule has 0 heteroatoms. The molecule has 0 aliphatic heterocycles. The summed E-state index contributed by atoms with van der Waals surface area (Å²) in [4.78, 5) is 0. The summed E-state index contributed by atoms with van der Waals surface area (Å²) in [5, 5.41) is 0. The molecule has 0 saturated carbocycles. The lowest BCUT2D eigenvalue weighted by Gasteiger charge is -2.04. The Bertz CT molecular complexity index is 204. The largest absolute Gasteiger partial charge is 0.107 e. The van der Waals surface area contributed by atoms with Crippen LogP contribution >= 0.6 is 0 Å². The minimum atomic E-state index is 0.466. The first kappa shape index (κ1) is 11.1. The van der Waals surface area contributed by atoms with Crippen LogP contribution < -0.4 is 0 Å². The molecule has 0 heterocycles. The van der Waals surface area contributed by atoms with Gasteiger partial charge in [-0.15, -0.1) is 17.8 Å². The maximum absolute atomic E-state index is 3.16. The summed E-state index contributed by atoms with van der Waals surface area (Å²) >= 11 is 0. The molecule has 0 spiro atoms. The molecule has 0 amide bonds. The van der Waals surface area contributed by atoms with Crippen LogP contribution in [0.5, 0.6) is 0 Å². The highest BCUT2D eigenvalue weighted by molar-refractivity contribution is 5.05. The third-order valence-corrected chi connectivity index (χ3v) is 1.73. The van der Waals surface area contributed by atoms with Crippen LogP contribution in [0.25, 0.3) is 0 Å². The summed E-state index contributed by atoms with van der Waals surface area (Å²) in [5.74, 6) is 12.5. The normalized spacial score (nSPS) is 10.6. The van der Waals surface area contributed by atoms with Gasteiger partial charge in [0.1, 0.15) is 0 Å². The van der Waals surface area contributed by atoms with Gasteiger partial charge in [-0.05, 0) is 33.1 Å². The fourth-order valence-corrected chi connectivity index (χ4v) is 1.04. The van der Waals surface area contributed by atoms with Gasteiger partial charge in [0.2, 0.25) is 0 Å². The van der Waals surface area contributed by atoms with Gasteiger partial charge in [-0.3, -0.25) is 0 Å². The van der Waals surface area contributed by atoms with Crippen LogP contribution in [-0.4, -0.2) is 0 Å².